The zero-order valence-electron chi connectivity index (χ0n) is 15.5. The Balaban J connectivity index is 1.47. The average Bonchev–Trinajstić information content (AvgIpc) is 3.09. The molecule has 4 nitrogen and oxygen atoms in total. The molecule has 2 amide bonds. The van der Waals surface area contributed by atoms with Gasteiger partial charge in [-0.05, 0) is 41.5 Å². The Morgan fingerprint density at radius 2 is 1.79 bits per heavy atom. The van der Waals surface area contributed by atoms with E-state index in [0.29, 0.717) is 17.9 Å². The van der Waals surface area contributed by atoms with Crippen molar-refractivity contribution in [3.8, 4) is 0 Å². The maximum atomic E-state index is 12.5. The number of carbonyl (C=O) groups is 2. The summed E-state index contributed by atoms with van der Waals surface area (Å²) in [4.78, 5) is 26.8. The van der Waals surface area contributed by atoms with E-state index in [9.17, 15) is 9.59 Å². The van der Waals surface area contributed by atoms with Crippen LogP contribution in [0.1, 0.15) is 26.9 Å². The van der Waals surface area contributed by atoms with Crippen LogP contribution < -0.4 is 5.32 Å². The summed E-state index contributed by atoms with van der Waals surface area (Å²) in [6, 6.07) is 25.0. The van der Waals surface area contributed by atoms with E-state index in [1.54, 1.807) is 11.8 Å². The van der Waals surface area contributed by atoms with E-state index in [0.717, 1.165) is 21.3 Å². The van der Waals surface area contributed by atoms with Gasteiger partial charge in [0.05, 0.1) is 5.75 Å². The third-order valence-corrected chi connectivity index (χ3v) is 6.45. The second-order valence-electron chi connectivity index (χ2n) is 6.76. The van der Waals surface area contributed by atoms with Gasteiger partial charge in [0, 0.05) is 22.3 Å². The third kappa shape index (κ3) is 4.71. The van der Waals surface area contributed by atoms with Crippen LogP contribution in [0.5, 0.6) is 0 Å². The first-order chi connectivity index (χ1) is 14.1. The second kappa shape index (κ2) is 8.84. The minimum Gasteiger partial charge on any atom is -0.322 e. The normalized spacial score (nSPS) is 16.1. The largest absolute Gasteiger partial charge is 0.322 e. The van der Waals surface area contributed by atoms with Crippen molar-refractivity contribution in [2.45, 2.75) is 11.9 Å². The Morgan fingerprint density at radius 3 is 2.52 bits per heavy atom. The van der Waals surface area contributed by atoms with E-state index in [2.05, 4.69) is 21.2 Å². The molecule has 1 fully saturated rings. The molecule has 0 aliphatic carbocycles. The topological polar surface area (TPSA) is 49.4 Å². The summed E-state index contributed by atoms with van der Waals surface area (Å²) in [5, 5.41) is 2.86. The Kier molecular flexibility index (Phi) is 6.02. The van der Waals surface area contributed by atoms with Crippen LogP contribution >= 0.6 is 27.7 Å². The molecule has 146 valence electrons. The van der Waals surface area contributed by atoms with Crippen molar-refractivity contribution in [2.75, 3.05) is 11.1 Å². The van der Waals surface area contributed by atoms with Crippen LogP contribution in [-0.2, 0) is 11.3 Å². The molecule has 3 aromatic carbocycles. The summed E-state index contributed by atoms with van der Waals surface area (Å²) in [5.74, 6) is 0.453. The molecule has 0 unspecified atom stereocenters. The van der Waals surface area contributed by atoms with Crippen molar-refractivity contribution in [2.24, 2.45) is 0 Å². The van der Waals surface area contributed by atoms with Crippen LogP contribution in [0.25, 0.3) is 0 Å². The van der Waals surface area contributed by atoms with E-state index in [-0.39, 0.29) is 17.2 Å². The minimum atomic E-state index is -0.161. The number of thioether (sulfide) groups is 1. The van der Waals surface area contributed by atoms with Crippen LogP contribution in [-0.4, -0.2) is 22.5 Å². The van der Waals surface area contributed by atoms with Gasteiger partial charge < -0.3 is 10.2 Å². The molecular weight excluding hydrogens is 448 g/mol. The molecule has 0 saturated carbocycles. The van der Waals surface area contributed by atoms with Crippen LogP contribution in [0.4, 0.5) is 5.69 Å². The fourth-order valence-corrected chi connectivity index (χ4v) is 4.84. The highest BCUT2D eigenvalue weighted by atomic mass is 79.9. The fourth-order valence-electron chi connectivity index (χ4n) is 3.25. The highest BCUT2D eigenvalue weighted by molar-refractivity contribution is 9.10. The van der Waals surface area contributed by atoms with Crippen molar-refractivity contribution in [1.29, 1.82) is 0 Å². The number of benzene rings is 3. The molecule has 1 N–H and O–H groups in total. The Labute approximate surface area is 182 Å². The van der Waals surface area contributed by atoms with Crippen LogP contribution in [0, 0.1) is 0 Å². The number of amides is 2. The van der Waals surface area contributed by atoms with Crippen LogP contribution in [0.3, 0.4) is 0 Å². The van der Waals surface area contributed by atoms with E-state index in [1.165, 1.54) is 0 Å². The van der Waals surface area contributed by atoms with Crippen molar-refractivity contribution < 1.29 is 9.59 Å². The van der Waals surface area contributed by atoms with E-state index < -0.39 is 0 Å². The van der Waals surface area contributed by atoms with Crippen LogP contribution in [0.2, 0.25) is 0 Å². The Morgan fingerprint density at radius 1 is 1.03 bits per heavy atom. The maximum Gasteiger partial charge on any atom is 0.255 e. The molecule has 1 aliphatic rings. The number of halogens is 1. The smallest absolute Gasteiger partial charge is 0.255 e. The molecule has 29 heavy (non-hydrogen) atoms. The number of nitrogens with zero attached hydrogens (tertiary/aromatic N) is 1. The fraction of sp³-hybridized carbons (Fsp3) is 0.130. The Bertz CT molecular complexity index is 1020. The summed E-state index contributed by atoms with van der Waals surface area (Å²) in [5.41, 5.74) is 3.45. The molecule has 1 saturated heterocycles. The van der Waals surface area contributed by atoms with Crippen molar-refractivity contribution >= 4 is 45.2 Å². The molecule has 1 heterocycles. The molecule has 0 radical (unpaired) electrons. The number of hydrogen-bond donors (Lipinski definition) is 1. The molecular formula is C23H19BrN2O2S. The quantitative estimate of drug-likeness (QED) is 0.541. The lowest BCUT2D eigenvalue weighted by atomic mass is 10.1. The van der Waals surface area contributed by atoms with E-state index in [4.69, 9.17) is 0 Å². The molecule has 0 aromatic heterocycles. The summed E-state index contributed by atoms with van der Waals surface area (Å²) < 4.78 is 0.909. The zero-order valence-corrected chi connectivity index (χ0v) is 17.9. The lowest BCUT2D eigenvalue weighted by molar-refractivity contribution is -0.128. The molecule has 4 rings (SSSR count). The highest BCUT2D eigenvalue weighted by Crippen LogP contribution is 2.39. The first kappa shape index (κ1) is 19.7. The van der Waals surface area contributed by atoms with Crippen LogP contribution in [0.15, 0.2) is 83.3 Å². The number of nitrogens with one attached hydrogen (secondary N) is 1. The van der Waals surface area contributed by atoms with E-state index >= 15 is 0 Å². The molecule has 6 heteroatoms. The predicted molar refractivity (Wildman–Crippen MR) is 121 cm³/mol. The summed E-state index contributed by atoms with van der Waals surface area (Å²) in [6.07, 6.45) is 0. The highest BCUT2D eigenvalue weighted by Gasteiger charge is 2.32. The maximum absolute atomic E-state index is 12.5. The van der Waals surface area contributed by atoms with Gasteiger partial charge in [0.15, 0.2) is 0 Å². The standard InChI is InChI=1S/C23H19BrN2O2S/c24-19-7-4-8-20(13-19)25-22(28)17-9-11-18(12-10-17)23-26(21(27)15-29-23)14-16-5-2-1-3-6-16/h1-13,23H,14-15H2,(H,25,28)/t23-/m1/s1. The van der Waals surface area contributed by atoms with Crippen molar-refractivity contribution in [3.05, 3.63) is 100 Å². The van der Waals surface area contributed by atoms with Gasteiger partial charge in [-0.1, -0.05) is 64.5 Å². The lowest BCUT2D eigenvalue weighted by Crippen LogP contribution is -2.27. The minimum absolute atomic E-state index is 0.0371. The first-order valence-corrected chi connectivity index (χ1v) is 11.1. The van der Waals surface area contributed by atoms with Crippen molar-refractivity contribution in [1.82, 2.24) is 4.90 Å². The lowest BCUT2D eigenvalue weighted by Gasteiger charge is -2.24. The monoisotopic (exact) mass is 466 g/mol. The first-order valence-electron chi connectivity index (χ1n) is 9.22. The third-order valence-electron chi connectivity index (χ3n) is 4.70. The van der Waals surface area contributed by atoms with Gasteiger partial charge in [-0.15, -0.1) is 11.8 Å². The summed E-state index contributed by atoms with van der Waals surface area (Å²) in [6.45, 7) is 0.586. The van der Waals surface area contributed by atoms with Gasteiger partial charge in [-0.2, -0.15) is 0 Å². The summed E-state index contributed by atoms with van der Waals surface area (Å²) >= 11 is 5.02. The number of hydrogen-bond acceptors (Lipinski definition) is 3. The van der Waals surface area contributed by atoms with Gasteiger partial charge in [-0.25, -0.2) is 0 Å². The van der Waals surface area contributed by atoms with Crippen molar-refractivity contribution in [3.63, 3.8) is 0 Å². The molecule has 1 atom stereocenters. The molecule has 0 bridgehead atoms. The van der Waals surface area contributed by atoms with Gasteiger partial charge in [0.25, 0.3) is 5.91 Å². The summed E-state index contributed by atoms with van der Waals surface area (Å²) in [7, 11) is 0. The second-order valence-corrected chi connectivity index (χ2v) is 8.74. The van der Waals surface area contributed by atoms with Gasteiger partial charge in [0.2, 0.25) is 5.91 Å². The van der Waals surface area contributed by atoms with Gasteiger partial charge >= 0.3 is 0 Å². The van der Waals surface area contributed by atoms with Gasteiger partial charge in [0.1, 0.15) is 5.37 Å². The number of rotatable bonds is 5. The van der Waals surface area contributed by atoms with Gasteiger partial charge in [-0.3, -0.25) is 9.59 Å². The zero-order chi connectivity index (χ0) is 20.2. The number of carbonyl (C=O) groups excluding carboxylic acids is 2. The molecule has 1 aliphatic heterocycles. The predicted octanol–water partition coefficient (Wildman–Crippen LogP) is 5.48. The number of anilines is 1. The SMILES string of the molecule is O=C(Nc1cccc(Br)c1)c1ccc([C@H]2SCC(=O)N2Cc2ccccc2)cc1. The molecule has 3 aromatic rings. The van der Waals surface area contributed by atoms with E-state index in [1.807, 2.05) is 83.8 Å². The Hall–Kier alpha value is -2.57. The molecule has 0 spiro atoms. The average molecular weight is 467 g/mol.